The fourth-order valence-electron chi connectivity index (χ4n) is 3.13. The van der Waals surface area contributed by atoms with Crippen molar-refractivity contribution in [1.82, 2.24) is 10.2 Å². The van der Waals surface area contributed by atoms with Gasteiger partial charge in [-0.15, -0.1) is 0 Å². The average Bonchev–Trinajstić information content (AvgIpc) is 2.90. The molecule has 0 aromatic carbocycles. The minimum atomic E-state index is -0.0395. The summed E-state index contributed by atoms with van der Waals surface area (Å²) in [6.07, 6.45) is 2.76. The molecule has 5 nitrogen and oxygen atoms in total. The number of nitrogens with one attached hydrogen (secondary N) is 1. The number of hydrogen-bond acceptors (Lipinski definition) is 4. The summed E-state index contributed by atoms with van der Waals surface area (Å²) in [5, 5.41) is 3.25. The average molecular weight is 254 g/mol. The molecule has 1 saturated heterocycles. The van der Waals surface area contributed by atoms with Crippen LogP contribution in [0.5, 0.6) is 0 Å². The molecule has 1 heterocycles. The summed E-state index contributed by atoms with van der Waals surface area (Å²) in [5.74, 6) is -0.0207. The van der Waals surface area contributed by atoms with Crippen molar-refractivity contribution in [2.24, 2.45) is 11.8 Å². The molecule has 0 bridgehead atoms. The summed E-state index contributed by atoms with van der Waals surface area (Å²) in [6, 6.07) is 0.0340. The van der Waals surface area contributed by atoms with E-state index >= 15 is 0 Å². The lowest BCUT2D eigenvalue weighted by Crippen LogP contribution is -2.46. The molecule has 1 N–H and O–H groups in total. The zero-order valence-electron chi connectivity index (χ0n) is 11.1. The number of imide groups is 1. The van der Waals surface area contributed by atoms with Gasteiger partial charge in [-0.2, -0.15) is 0 Å². The first kappa shape index (κ1) is 13.5. The normalized spacial score (nSPS) is 28.9. The van der Waals surface area contributed by atoms with Gasteiger partial charge in [-0.3, -0.25) is 14.5 Å². The van der Waals surface area contributed by atoms with Crippen molar-refractivity contribution in [3.05, 3.63) is 0 Å². The van der Waals surface area contributed by atoms with Crippen molar-refractivity contribution in [2.45, 2.75) is 32.2 Å². The minimum absolute atomic E-state index is 0.0292. The summed E-state index contributed by atoms with van der Waals surface area (Å²) in [5.41, 5.74) is 0. The van der Waals surface area contributed by atoms with E-state index in [1.54, 1.807) is 7.11 Å². The van der Waals surface area contributed by atoms with Crippen LogP contribution in [0.2, 0.25) is 0 Å². The molecule has 1 saturated carbocycles. The Morgan fingerprint density at radius 3 is 2.44 bits per heavy atom. The third-order valence-corrected chi connectivity index (χ3v) is 3.95. The van der Waals surface area contributed by atoms with Gasteiger partial charge in [0.25, 0.3) is 0 Å². The number of methoxy groups -OCH3 is 1. The van der Waals surface area contributed by atoms with Crippen molar-refractivity contribution in [3.63, 3.8) is 0 Å². The highest BCUT2D eigenvalue weighted by molar-refractivity contribution is 6.05. The number of ether oxygens (including phenoxy) is 1. The molecule has 102 valence electrons. The number of fused-ring (bicyclic) bond motifs is 1. The molecule has 3 unspecified atom stereocenters. The van der Waals surface area contributed by atoms with Crippen molar-refractivity contribution >= 4 is 11.8 Å². The van der Waals surface area contributed by atoms with Crippen LogP contribution in [-0.4, -0.2) is 49.6 Å². The van der Waals surface area contributed by atoms with Gasteiger partial charge >= 0.3 is 0 Å². The van der Waals surface area contributed by atoms with E-state index < -0.39 is 0 Å². The first-order chi connectivity index (χ1) is 8.69. The summed E-state index contributed by atoms with van der Waals surface area (Å²) >= 11 is 0. The minimum Gasteiger partial charge on any atom is -0.383 e. The standard InChI is InChI=1S/C13H22N2O3/c1-3-14-9(8-18-2)7-15-12(16)10-5-4-6-11(10)13(15)17/h9-11,14H,3-8H2,1-2H3. The molecule has 5 heteroatoms. The van der Waals surface area contributed by atoms with E-state index in [0.29, 0.717) is 13.2 Å². The van der Waals surface area contributed by atoms with E-state index in [1.807, 2.05) is 6.92 Å². The van der Waals surface area contributed by atoms with Crippen LogP contribution in [0.25, 0.3) is 0 Å². The van der Waals surface area contributed by atoms with Crippen LogP contribution < -0.4 is 5.32 Å². The van der Waals surface area contributed by atoms with E-state index in [0.717, 1.165) is 25.8 Å². The summed E-state index contributed by atoms with van der Waals surface area (Å²) in [6.45, 7) is 3.76. The Morgan fingerprint density at radius 1 is 1.33 bits per heavy atom. The van der Waals surface area contributed by atoms with Gasteiger partial charge in [0.2, 0.25) is 11.8 Å². The maximum atomic E-state index is 12.2. The molecule has 2 rings (SSSR count). The number of rotatable bonds is 6. The van der Waals surface area contributed by atoms with E-state index in [9.17, 15) is 9.59 Å². The number of amides is 2. The van der Waals surface area contributed by atoms with Gasteiger partial charge in [-0.05, 0) is 19.4 Å². The number of likely N-dealkylation sites (tertiary alicyclic amines) is 1. The fourth-order valence-corrected chi connectivity index (χ4v) is 3.13. The highest BCUT2D eigenvalue weighted by Crippen LogP contribution is 2.39. The van der Waals surface area contributed by atoms with Gasteiger partial charge in [0.05, 0.1) is 18.4 Å². The SMILES string of the molecule is CCNC(COC)CN1C(=O)C2CCCC2C1=O. The molecule has 1 aliphatic carbocycles. The molecule has 18 heavy (non-hydrogen) atoms. The summed E-state index contributed by atoms with van der Waals surface area (Å²) in [4.78, 5) is 25.8. The summed E-state index contributed by atoms with van der Waals surface area (Å²) < 4.78 is 5.12. The monoisotopic (exact) mass is 254 g/mol. The Balaban J connectivity index is 2.00. The maximum Gasteiger partial charge on any atom is 0.233 e. The predicted molar refractivity (Wildman–Crippen MR) is 66.9 cm³/mol. The van der Waals surface area contributed by atoms with Gasteiger partial charge in [0, 0.05) is 19.7 Å². The van der Waals surface area contributed by atoms with Crippen LogP contribution in [0.4, 0.5) is 0 Å². The van der Waals surface area contributed by atoms with Crippen molar-refractivity contribution in [3.8, 4) is 0 Å². The first-order valence-corrected chi connectivity index (χ1v) is 6.76. The van der Waals surface area contributed by atoms with Gasteiger partial charge in [-0.25, -0.2) is 0 Å². The number of likely N-dealkylation sites (N-methyl/N-ethyl adjacent to an activating group) is 1. The summed E-state index contributed by atoms with van der Waals surface area (Å²) in [7, 11) is 1.63. The number of carbonyl (C=O) groups excluding carboxylic acids is 2. The zero-order chi connectivity index (χ0) is 13.1. The zero-order valence-corrected chi connectivity index (χ0v) is 11.1. The second kappa shape index (κ2) is 5.80. The number of carbonyl (C=O) groups is 2. The van der Waals surface area contributed by atoms with Gasteiger partial charge in [0.15, 0.2) is 0 Å². The molecule has 3 atom stereocenters. The molecule has 2 fully saturated rings. The third-order valence-electron chi connectivity index (χ3n) is 3.95. The van der Waals surface area contributed by atoms with E-state index in [2.05, 4.69) is 5.32 Å². The van der Waals surface area contributed by atoms with Crippen molar-refractivity contribution in [2.75, 3.05) is 26.8 Å². The quantitative estimate of drug-likeness (QED) is 0.697. The van der Waals surface area contributed by atoms with Crippen molar-refractivity contribution < 1.29 is 14.3 Å². The van der Waals surface area contributed by atoms with Crippen LogP contribution in [-0.2, 0) is 14.3 Å². The largest absolute Gasteiger partial charge is 0.383 e. The lowest BCUT2D eigenvalue weighted by molar-refractivity contribution is -0.140. The van der Waals surface area contributed by atoms with E-state index in [1.165, 1.54) is 4.90 Å². The lowest BCUT2D eigenvalue weighted by Gasteiger charge is -2.23. The van der Waals surface area contributed by atoms with Crippen molar-refractivity contribution in [1.29, 1.82) is 0 Å². The van der Waals surface area contributed by atoms with Gasteiger partial charge in [-0.1, -0.05) is 13.3 Å². The molecule has 0 aromatic rings. The smallest absolute Gasteiger partial charge is 0.233 e. The molecule has 2 amide bonds. The molecule has 1 aliphatic heterocycles. The second-order valence-corrected chi connectivity index (χ2v) is 5.14. The molecule has 2 aliphatic rings. The Kier molecular flexibility index (Phi) is 4.35. The highest BCUT2D eigenvalue weighted by Gasteiger charge is 2.49. The van der Waals surface area contributed by atoms with Crippen LogP contribution in [0.3, 0.4) is 0 Å². The maximum absolute atomic E-state index is 12.2. The van der Waals surface area contributed by atoms with Gasteiger partial charge < -0.3 is 10.1 Å². The Bertz CT molecular complexity index is 304. The Labute approximate surface area is 108 Å². The Morgan fingerprint density at radius 2 is 1.94 bits per heavy atom. The third kappa shape index (κ3) is 2.42. The van der Waals surface area contributed by atoms with Crippen LogP contribution >= 0.6 is 0 Å². The fraction of sp³-hybridized carbons (Fsp3) is 0.846. The van der Waals surface area contributed by atoms with Gasteiger partial charge in [0.1, 0.15) is 0 Å². The van der Waals surface area contributed by atoms with Crippen LogP contribution in [0, 0.1) is 11.8 Å². The molecule has 0 spiro atoms. The molecule has 0 aromatic heterocycles. The Hall–Kier alpha value is -0.940. The number of nitrogens with zero attached hydrogens (tertiary/aromatic N) is 1. The molecular weight excluding hydrogens is 232 g/mol. The first-order valence-electron chi connectivity index (χ1n) is 6.76. The van der Waals surface area contributed by atoms with Crippen LogP contribution in [0.1, 0.15) is 26.2 Å². The molecular formula is C13H22N2O3. The predicted octanol–water partition coefficient (Wildman–Crippen LogP) is 0.396. The highest BCUT2D eigenvalue weighted by atomic mass is 16.5. The number of hydrogen-bond donors (Lipinski definition) is 1. The van der Waals surface area contributed by atoms with Crippen LogP contribution in [0.15, 0.2) is 0 Å². The molecule has 0 radical (unpaired) electrons. The van der Waals surface area contributed by atoms with E-state index in [4.69, 9.17) is 4.74 Å². The topological polar surface area (TPSA) is 58.6 Å². The second-order valence-electron chi connectivity index (χ2n) is 5.14. The lowest BCUT2D eigenvalue weighted by atomic mass is 10.00. The van der Waals surface area contributed by atoms with E-state index in [-0.39, 0.29) is 29.7 Å².